The number of fused-ring (bicyclic) bond motifs is 1. The first-order valence-corrected chi connectivity index (χ1v) is 8.04. The Hall–Kier alpha value is -3.22. The summed E-state index contributed by atoms with van der Waals surface area (Å²) in [5.41, 5.74) is 2.54. The van der Waals surface area contributed by atoms with Crippen LogP contribution in [0.1, 0.15) is 12.6 Å². The van der Waals surface area contributed by atoms with E-state index in [0.29, 0.717) is 18.9 Å². The molecule has 0 saturated heterocycles. The lowest BCUT2D eigenvalue weighted by Crippen LogP contribution is -2.26. The first kappa shape index (κ1) is 16.6. The number of H-pyrrole nitrogens is 1. The van der Waals surface area contributed by atoms with Crippen LogP contribution in [-0.4, -0.2) is 47.2 Å². The fourth-order valence-electron chi connectivity index (χ4n) is 2.51. The zero-order valence-electron chi connectivity index (χ0n) is 14.2. The third-order valence-electron chi connectivity index (χ3n) is 3.60. The number of hydrogen-bond donors (Lipinski definition) is 3. The van der Waals surface area contributed by atoms with E-state index >= 15 is 0 Å². The number of nitrogens with one attached hydrogen (secondary N) is 3. The molecule has 3 rings (SSSR count). The van der Waals surface area contributed by atoms with Crippen LogP contribution in [0.5, 0.6) is 0 Å². The molecule has 2 aromatic heterocycles. The molecule has 0 fully saturated rings. The van der Waals surface area contributed by atoms with Gasteiger partial charge in [-0.2, -0.15) is 0 Å². The van der Waals surface area contributed by atoms with E-state index in [0.717, 1.165) is 28.1 Å². The minimum atomic E-state index is -0.0531. The van der Waals surface area contributed by atoms with Crippen LogP contribution in [0.15, 0.2) is 41.4 Å². The maximum Gasteiger partial charge on any atom is 0.216 e. The maximum atomic E-state index is 11.0. The molecule has 0 atom stereocenters. The number of rotatable bonds is 6. The molecule has 0 aliphatic carbocycles. The SMILES string of the molecule is CN=Cc1cc2c(NCCNC(C)=O)nc(-c3ccccc3)nc2[nH]1. The van der Waals surface area contributed by atoms with Crippen molar-refractivity contribution in [2.45, 2.75) is 6.92 Å². The molecule has 0 saturated carbocycles. The third-order valence-corrected chi connectivity index (χ3v) is 3.60. The maximum absolute atomic E-state index is 11.0. The highest BCUT2D eigenvalue weighted by atomic mass is 16.1. The largest absolute Gasteiger partial charge is 0.368 e. The monoisotopic (exact) mass is 336 g/mol. The molecule has 7 heteroatoms. The first-order chi connectivity index (χ1) is 12.2. The van der Waals surface area contributed by atoms with Gasteiger partial charge in [0.1, 0.15) is 11.5 Å². The molecule has 0 spiro atoms. The Kier molecular flexibility index (Phi) is 5.03. The number of anilines is 1. The van der Waals surface area contributed by atoms with E-state index < -0.39 is 0 Å². The highest BCUT2D eigenvalue weighted by Crippen LogP contribution is 2.25. The molecule has 0 radical (unpaired) electrons. The van der Waals surface area contributed by atoms with Crippen LogP contribution in [0.2, 0.25) is 0 Å². The van der Waals surface area contributed by atoms with Crippen molar-refractivity contribution in [1.82, 2.24) is 20.3 Å². The second-order valence-electron chi connectivity index (χ2n) is 5.55. The minimum Gasteiger partial charge on any atom is -0.368 e. The number of amides is 1. The number of aromatic amines is 1. The Balaban J connectivity index is 1.97. The number of benzene rings is 1. The van der Waals surface area contributed by atoms with Gasteiger partial charge in [-0.3, -0.25) is 9.79 Å². The molecule has 128 valence electrons. The van der Waals surface area contributed by atoms with Crippen LogP contribution in [0.4, 0.5) is 5.82 Å². The minimum absolute atomic E-state index is 0.0531. The van der Waals surface area contributed by atoms with Gasteiger partial charge >= 0.3 is 0 Å². The van der Waals surface area contributed by atoms with Crippen molar-refractivity contribution in [2.75, 3.05) is 25.5 Å². The van der Waals surface area contributed by atoms with Crippen molar-refractivity contribution in [2.24, 2.45) is 4.99 Å². The highest BCUT2D eigenvalue weighted by Gasteiger charge is 2.11. The van der Waals surface area contributed by atoms with Gasteiger partial charge in [-0.05, 0) is 6.07 Å². The Morgan fingerprint density at radius 1 is 1.24 bits per heavy atom. The topological polar surface area (TPSA) is 95.1 Å². The van der Waals surface area contributed by atoms with Crippen LogP contribution >= 0.6 is 0 Å². The van der Waals surface area contributed by atoms with E-state index in [2.05, 4.69) is 30.6 Å². The van der Waals surface area contributed by atoms with Crippen LogP contribution in [-0.2, 0) is 4.79 Å². The average molecular weight is 336 g/mol. The smallest absolute Gasteiger partial charge is 0.216 e. The summed E-state index contributed by atoms with van der Waals surface area (Å²) >= 11 is 0. The van der Waals surface area contributed by atoms with E-state index in [9.17, 15) is 4.79 Å². The average Bonchev–Trinajstić information content (AvgIpc) is 3.02. The predicted octanol–water partition coefficient (Wildman–Crippen LogP) is 2.22. The summed E-state index contributed by atoms with van der Waals surface area (Å²) in [6, 6.07) is 11.8. The zero-order chi connectivity index (χ0) is 17.6. The third kappa shape index (κ3) is 4.00. The number of carbonyl (C=O) groups is 1. The molecule has 1 aromatic carbocycles. The van der Waals surface area contributed by atoms with E-state index in [1.165, 1.54) is 6.92 Å². The van der Waals surface area contributed by atoms with E-state index in [-0.39, 0.29) is 5.91 Å². The van der Waals surface area contributed by atoms with Gasteiger partial charge in [0.25, 0.3) is 0 Å². The predicted molar refractivity (Wildman–Crippen MR) is 100 cm³/mol. The number of nitrogens with zero attached hydrogens (tertiary/aromatic N) is 3. The van der Waals surface area contributed by atoms with Gasteiger partial charge in [0.15, 0.2) is 5.82 Å². The second kappa shape index (κ2) is 7.57. The molecule has 3 N–H and O–H groups in total. The number of carbonyl (C=O) groups excluding carboxylic acids is 1. The molecular weight excluding hydrogens is 316 g/mol. The van der Waals surface area contributed by atoms with Gasteiger partial charge in [-0.1, -0.05) is 30.3 Å². The lowest BCUT2D eigenvalue weighted by atomic mass is 10.2. The fourth-order valence-corrected chi connectivity index (χ4v) is 2.51. The number of aromatic nitrogens is 3. The Morgan fingerprint density at radius 3 is 2.76 bits per heavy atom. The first-order valence-electron chi connectivity index (χ1n) is 8.04. The van der Waals surface area contributed by atoms with Crippen LogP contribution in [0, 0.1) is 0 Å². The van der Waals surface area contributed by atoms with Crippen LogP contribution in [0.25, 0.3) is 22.4 Å². The molecule has 7 nitrogen and oxygen atoms in total. The summed E-state index contributed by atoms with van der Waals surface area (Å²) in [4.78, 5) is 27.6. The number of aliphatic imine (C=N–C) groups is 1. The zero-order valence-corrected chi connectivity index (χ0v) is 14.2. The molecule has 25 heavy (non-hydrogen) atoms. The van der Waals surface area contributed by atoms with Crippen molar-refractivity contribution >= 4 is 29.0 Å². The molecule has 0 aliphatic heterocycles. The second-order valence-corrected chi connectivity index (χ2v) is 5.55. The highest BCUT2D eigenvalue weighted by molar-refractivity contribution is 5.94. The summed E-state index contributed by atoms with van der Waals surface area (Å²) in [5, 5.41) is 6.93. The van der Waals surface area contributed by atoms with E-state index in [4.69, 9.17) is 0 Å². The van der Waals surface area contributed by atoms with E-state index in [1.807, 2.05) is 36.4 Å². The van der Waals surface area contributed by atoms with Crippen LogP contribution in [0.3, 0.4) is 0 Å². The molecule has 3 aromatic rings. The summed E-state index contributed by atoms with van der Waals surface area (Å²) in [7, 11) is 1.72. The quantitative estimate of drug-likeness (QED) is 0.475. The van der Waals surface area contributed by atoms with Gasteiger partial charge in [-0.25, -0.2) is 9.97 Å². The lowest BCUT2D eigenvalue weighted by Gasteiger charge is -2.09. The molecule has 0 bridgehead atoms. The van der Waals surface area contributed by atoms with E-state index in [1.54, 1.807) is 13.3 Å². The summed E-state index contributed by atoms with van der Waals surface area (Å²) in [5.74, 6) is 1.31. The molecule has 0 unspecified atom stereocenters. The van der Waals surface area contributed by atoms with Gasteiger partial charge in [0.05, 0.1) is 11.1 Å². The Bertz CT molecular complexity index is 901. The van der Waals surface area contributed by atoms with Gasteiger partial charge in [0, 0.05) is 38.8 Å². The molecule has 2 heterocycles. The van der Waals surface area contributed by atoms with Crippen molar-refractivity contribution < 1.29 is 4.79 Å². The van der Waals surface area contributed by atoms with Gasteiger partial charge in [0.2, 0.25) is 5.91 Å². The Morgan fingerprint density at radius 2 is 2.04 bits per heavy atom. The molecule has 0 aliphatic rings. The summed E-state index contributed by atoms with van der Waals surface area (Å²) in [6.45, 7) is 2.59. The molecule has 1 amide bonds. The Labute approximate surface area is 145 Å². The number of hydrogen-bond acceptors (Lipinski definition) is 5. The summed E-state index contributed by atoms with van der Waals surface area (Å²) < 4.78 is 0. The van der Waals surface area contributed by atoms with Crippen molar-refractivity contribution in [3.8, 4) is 11.4 Å². The van der Waals surface area contributed by atoms with Gasteiger partial charge in [-0.15, -0.1) is 0 Å². The normalized spacial score (nSPS) is 11.1. The molecular formula is C18H20N6O. The summed E-state index contributed by atoms with van der Waals surface area (Å²) in [6.07, 6.45) is 1.74. The van der Waals surface area contributed by atoms with Crippen LogP contribution < -0.4 is 10.6 Å². The lowest BCUT2D eigenvalue weighted by molar-refractivity contribution is -0.118. The van der Waals surface area contributed by atoms with Crippen molar-refractivity contribution in [3.63, 3.8) is 0 Å². The van der Waals surface area contributed by atoms with Crippen molar-refractivity contribution in [1.29, 1.82) is 0 Å². The van der Waals surface area contributed by atoms with Crippen molar-refractivity contribution in [3.05, 3.63) is 42.1 Å². The standard InChI is InChI=1S/C18H20N6O/c1-12(25)20-8-9-21-17-15-10-14(11-19-2)22-18(15)24-16(23-17)13-6-4-3-5-7-13/h3-7,10-11H,8-9H2,1-2H3,(H,20,25)(H2,21,22,23,24). The van der Waals surface area contributed by atoms with Gasteiger partial charge < -0.3 is 15.6 Å². The fraction of sp³-hybridized carbons (Fsp3) is 0.222.